The molecule has 0 saturated heterocycles. The van der Waals surface area contributed by atoms with E-state index in [1.54, 1.807) is 12.1 Å². The maximum Gasteiger partial charge on any atom is 0.311 e. The predicted octanol–water partition coefficient (Wildman–Crippen LogP) is 3.01. The summed E-state index contributed by atoms with van der Waals surface area (Å²) in [5.74, 6) is 0.327. The maximum atomic E-state index is 10.9. The summed E-state index contributed by atoms with van der Waals surface area (Å²) < 4.78 is 5.46. The molecule has 0 fully saturated rings. The van der Waals surface area contributed by atoms with Crippen LogP contribution in [0.4, 0.5) is 5.69 Å². The number of ether oxygens (including phenoxy) is 1. The third-order valence-electron chi connectivity index (χ3n) is 2.71. The van der Waals surface area contributed by atoms with E-state index < -0.39 is 4.92 Å². The molecule has 0 bridgehead atoms. The van der Waals surface area contributed by atoms with Crippen molar-refractivity contribution in [2.75, 3.05) is 6.61 Å². The van der Waals surface area contributed by atoms with E-state index in [0.29, 0.717) is 12.4 Å². The van der Waals surface area contributed by atoms with Crippen molar-refractivity contribution in [2.45, 2.75) is 39.2 Å². The Morgan fingerprint density at radius 3 is 2.72 bits per heavy atom. The van der Waals surface area contributed by atoms with Crippen molar-refractivity contribution >= 4 is 5.69 Å². The fraction of sp³-hybridized carbons (Fsp3) is 0.538. The molecule has 5 heteroatoms. The van der Waals surface area contributed by atoms with E-state index in [1.165, 1.54) is 6.07 Å². The minimum Gasteiger partial charge on any atom is -0.487 e. The summed E-state index contributed by atoms with van der Waals surface area (Å²) in [4.78, 5) is 10.5. The van der Waals surface area contributed by atoms with Gasteiger partial charge in [-0.05, 0) is 18.1 Å². The minimum atomic E-state index is -0.430. The first-order valence-electron chi connectivity index (χ1n) is 6.29. The molecule has 100 valence electrons. The summed E-state index contributed by atoms with van der Waals surface area (Å²) in [7, 11) is 0. The third-order valence-corrected chi connectivity index (χ3v) is 2.71. The zero-order chi connectivity index (χ0) is 13.4. The molecule has 0 unspecified atom stereocenters. The molecule has 1 aromatic carbocycles. The van der Waals surface area contributed by atoms with E-state index in [2.05, 4.69) is 6.92 Å². The fourth-order valence-corrected chi connectivity index (χ4v) is 1.67. The zero-order valence-corrected chi connectivity index (χ0v) is 10.7. The maximum absolute atomic E-state index is 10.9. The summed E-state index contributed by atoms with van der Waals surface area (Å²) in [6.45, 7) is 2.94. The molecular weight excluding hydrogens is 232 g/mol. The Bertz CT molecular complexity index is 394. The zero-order valence-electron chi connectivity index (χ0n) is 10.7. The quantitative estimate of drug-likeness (QED) is 0.438. The predicted molar refractivity (Wildman–Crippen MR) is 70.6 cm³/mol. The molecular formula is C13H20N2O3. The van der Waals surface area contributed by atoms with Crippen molar-refractivity contribution < 1.29 is 9.66 Å². The van der Waals surface area contributed by atoms with Gasteiger partial charge in [0.1, 0.15) is 0 Å². The molecule has 0 aliphatic rings. The van der Waals surface area contributed by atoms with Crippen LogP contribution < -0.4 is 10.5 Å². The van der Waals surface area contributed by atoms with Crippen molar-refractivity contribution in [3.63, 3.8) is 0 Å². The molecule has 18 heavy (non-hydrogen) atoms. The van der Waals surface area contributed by atoms with Crippen molar-refractivity contribution in [1.82, 2.24) is 0 Å². The monoisotopic (exact) mass is 252 g/mol. The summed E-state index contributed by atoms with van der Waals surface area (Å²) in [5.41, 5.74) is 6.19. The van der Waals surface area contributed by atoms with Gasteiger partial charge in [0.15, 0.2) is 5.75 Å². The molecule has 0 amide bonds. The van der Waals surface area contributed by atoms with Crippen LogP contribution in [0.2, 0.25) is 0 Å². The summed E-state index contributed by atoms with van der Waals surface area (Å²) in [6, 6.07) is 4.86. The number of nitro benzene ring substituents is 1. The second-order valence-electron chi connectivity index (χ2n) is 4.17. The van der Waals surface area contributed by atoms with Gasteiger partial charge in [-0.3, -0.25) is 10.1 Å². The number of hydrogen-bond donors (Lipinski definition) is 1. The summed E-state index contributed by atoms with van der Waals surface area (Å²) in [6.07, 6.45) is 4.33. The van der Waals surface area contributed by atoms with Crippen LogP contribution >= 0.6 is 0 Å². The lowest BCUT2D eigenvalue weighted by Crippen LogP contribution is -2.03. The van der Waals surface area contributed by atoms with Crippen LogP contribution in [-0.4, -0.2) is 11.5 Å². The van der Waals surface area contributed by atoms with Crippen LogP contribution in [0.15, 0.2) is 18.2 Å². The average molecular weight is 252 g/mol. The van der Waals surface area contributed by atoms with Crippen LogP contribution in [0, 0.1) is 10.1 Å². The van der Waals surface area contributed by atoms with E-state index in [4.69, 9.17) is 10.5 Å². The highest BCUT2D eigenvalue weighted by Gasteiger charge is 2.15. The Morgan fingerprint density at radius 2 is 2.11 bits per heavy atom. The van der Waals surface area contributed by atoms with Gasteiger partial charge < -0.3 is 10.5 Å². The number of hydrogen-bond acceptors (Lipinski definition) is 4. The average Bonchev–Trinajstić information content (AvgIpc) is 2.38. The van der Waals surface area contributed by atoms with E-state index in [9.17, 15) is 10.1 Å². The molecule has 2 N–H and O–H groups in total. The lowest BCUT2D eigenvalue weighted by molar-refractivity contribution is -0.385. The number of benzene rings is 1. The molecule has 0 heterocycles. The molecule has 0 saturated carbocycles. The molecule has 5 nitrogen and oxygen atoms in total. The highest BCUT2D eigenvalue weighted by Crippen LogP contribution is 2.28. The largest absolute Gasteiger partial charge is 0.487 e. The van der Waals surface area contributed by atoms with Crippen molar-refractivity contribution in [1.29, 1.82) is 0 Å². The lowest BCUT2D eigenvalue weighted by atomic mass is 10.2. The SMILES string of the molecule is CCCCCCOc1ccc(CN)cc1[N+](=O)[O-]. The molecule has 0 aliphatic heterocycles. The topological polar surface area (TPSA) is 78.4 Å². The van der Waals surface area contributed by atoms with Gasteiger partial charge in [0.05, 0.1) is 11.5 Å². The standard InChI is InChI=1S/C13H20N2O3/c1-2-3-4-5-8-18-13-7-6-11(10-14)9-12(13)15(16)17/h6-7,9H,2-5,8,10,14H2,1H3. The number of nitrogens with zero attached hydrogens (tertiary/aromatic N) is 1. The van der Waals surface area contributed by atoms with Gasteiger partial charge in [-0.1, -0.05) is 32.3 Å². The van der Waals surface area contributed by atoms with Gasteiger partial charge in [0.25, 0.3) is 0 Å². The second kappa shape index (κ2) is 7.66. The Labute approximate surface area is 107 Å². The molecule has 1 rings (SSSR count). The fourth-order valence-electron chi connectivity index (χ4n) is 1.67. The number of nitro groups is 1. The number of nitrogens with two attached hydrogens (primary N) is 1. The van der Waals surface area contributed by atoms with E-state index in [1.807, 2.05) is 0 Å². The van der Waals surface area contributed by atoms with Gasteiger partial charge in [-0.15, -0.1) is 0 Å². The Morgan fingerprint density at radius 1 is 1.33 bits per heavy atom. The smallest absolute Gasteiger partial charge is 0.311 e. The third kappa shape index (κ3) is 4.33. The summed E-state index contributed by atoms with van der Waals surface area (Å²) in [5, 5.41) is 10.9. The van der Waals surface area contributed by atoms with Gasteiger partial charge in [0.2, 0.25) is 0 Å². The first-order valence-corrected chi connectivity index (χ1v) is 6.29. The van der Waals surface area contributed by atoms with Crippen LogP contribution in [-0.2, 0) is 6.54 Å². The van der Waals surface area contributed by atoms with Gasteiger partial charge in [0, 0.05) is 12.6 Å². The van der Waals surface area contributed by atoms with Crippen LogP contribution in [0.25, 0.3) is 0 Å². The second-order valence-corrected chi connectivity index (χ2v) is 4.17. The lowest BCUT2D eigenvalue weighted by Gasteiger charge is -2.07. The van der Waals surface area contributed by atoms with Crippen molar-refractivity contribution in [3.8, 4) is 5.75 Å². The van der Waals surface area contributed by atoms with E-state index >= 15 is 0 Å². The Balaban J connectivity index is 2.61. The first-order chi connectivity index (χ1) is 8.69. The Kier molecular flexibility index (Phi) is 6.14. The van der Waals surface area contributed by atoms with E-state index in [0.717, 1.165) is 31.2 Å². The van der Waals surface area contributed by atoms with Gasteiger partial charge >= 0.3 is 5.69 Å². The highest BCUT2D eigenvalue weighted by atomic mass is 16.6. The Hall–Kier alpha value is -1.62. The van der Waals surface area contributed by atoms with Crippen LogP contribution in [0.3, 0.4) is 0 Å². The summed E-state index contributed by atoms with van der Waals surface area (Å²) >= 11 is 0. The molecule has 0 radical (unpaired) electrons. The number of unbranched alkanes of at least 4 members (excludes halogenated alkanes) is 3. The van der Waals surface area contributed by atoms with Crippen LogP contribution in [0.5, 0.6) is 5.75 Å². The van der Waals surface area contributed by atoms with Crippen molar-refractivity contribution in [2.24, 2.45) is 5.73 Å². The normalized spacial score (nSPS) is 10.3. The van der Waals surface area contributed by atoms with Crippen molar-refractivity contribution in [3.05, 3.63) is 33.9 Å². The molecule has 0 aromatic heterocycles. The molecule has 0 spiro atoms. The molecule has 0 atom stereocenters. The van der Waals surface area contributed by atoms with Gasteiger partial charge in [-0.2, -0.15) is 0 Å². The minimum absolute atomic E-state index is 0.00607. The molecule has 0 aliphatic carbocycles. The molecule has 1 aromatic rings. The highest BCUT2D eigenvalue weighted by molar-refractivity contribution is 5.48. The first kappa shape index (κ1) is 14.4. The van der Waals surface area contributed by atoms with Crippen LogP contribution in [0.1, 0.15) is 38.2 Å². The van der Waals surface area contributed by atoms with E-state index in [-0.39, 0.29) is 12.2 Å². The van der Waals surface area contributed by atoms with Gasteiger partial charge in [-0.25, -0.2) is 0 Å². The number of rotatable bonds is 8.